The van der Waals surface area contributed by atoms with Gasteiger partial charge in [0, 0.05) is 13.6 Å². The number of carbonyl (C=O) groups is 1. The van der Waals surface area contributed by atoms with Crippen LogP contribution in [0.1, 0.15) is 6.92 Å². The van der Waals surface area contributed by atoms with Crippen molar-refractivity contribution in [2.24, 2.45) is 0 Å². The number of amides is 1. The molecule has 0 bridgehead atoms. The molecule has 0 atom stereocenters. The van der Waals surface area contributed by atoms with Gasteiger partial charge in [-0.05, 0) is 6.92 Å². The summed E-state index contributed by atoms with van der Waals surface area (Å²) in [6.07, 6.45) is 1.02. The molecule has 9 nitrogen and oxygen atoms in total. The molecule has 98 valence electrons. The van der Waals surface area contributed by atoms with Crippen LogP contribution < -0.4 is 16.0 Å². The number of rotatable bonds is 5. The van der Waals surface area contributed by atoms with Crippen molar-refractivity contribution in [2.45, 2.75) is 6.92 Å². The monoisotopic (exact) mass is 254 g/mol. The largest absolute Gasteiger partial charge is 0.368 e. The number of hydrogen-bond acceptors (Lipinski definition) is 7. The molecule has 0 aliphatic rings. The van der Waals surface area contributed by atoms with Crippen molar-refractivity contribution in [3.8, 4) is 0 Å². The van der Waals surface area contributed by atoms with Crippen LogP contribution in [0.3, 0.4) is 0 Å². The van der Waals surface area contributed by atoms with Gasteiger partial charge in [0.05, 0.1) is 11.5 Å². The number of likely N-dealkylation sites (N-methyl/N-ethyl adjacent to an activating group) is 2. The SMILES string of the molecule is CCNC(=O)CN(C)c1nc(N)ncc1[N+](=O)[O-]. The zero-order chi connectivity index (χ0) is 13.7. The van der Waals surface area contributed by atoms with Crippen LogP contribution in [0.5, 0.6) is 0 Å². The molecule has 1 heterocycles. The van der Waals surface area contributed by atoms with E-state index in [0.29, 0.717) is 6.54 Å². The summed E-state index contributed by atoms with van der Waals surface area (Å²) in [4.78, 5) is 30.3. The van der Waals surface area contributed by atoms with E-state index < -0.39 is 4.92 Å². The number of hydrogen-bond donors (Lipinski definition) is 2. The van der Waals surface area contributed by atoms with Crippen molar-refractivity contribution in [2.75, 3.05) is 30.8 Å². The number of nitro groups is 1. The molecule has 0 aliphatic heterocycles. The lowest BCUT2D eigenvalue weighted by Gasteiger charge is -2.17. The summed E-state index contributed by atoms with van der Waals surface area (Å²) in [5.41, 5.74) is 5.09. The molecule has 9 heteroatoms. The van der Waals surface area contributed by atoms with Gasteiger partial charge >= 0.3 is 5.69 Å². The van der Waals surface area contributed by atoms with Gasteiger partial charge in [-0.3, -0.25) is 14.9 Å². The van der Waals surface area contributed by atoms with Gasteiger partial charge in [0.1, 0.15) is 6.20 Å². The van der Waals surface area contributed by atoms with Crippen molar-refractivity contribution in [3.05, 3.63) is 16.3 Å². The Morgan fingerprint density at radius 1 is 1.67 bits per heavy atom. The van der Waals surface area contributed by atoms with Crippen molar-refractivity contribution in [1.29, 1.82) is 0 Å². The minimum absolute atomic E-state index is 0.0127. The highest BCUT2D eigenvalue weighted by Crippen LogP contribution is 2.23. The van der Waals surface area contributed by atoms with Crippen LogP contribution in [0.4, 0.5) is 17.5 Å². The molecule has 1 aromatic heterocycles. The third-order valence-electron chi connectivity index (χ3n) is 2.08. The second-order valence-electron chi connectivity index (χ2n) is 3.50. The van der Waals surface area contributed by atoms with Crippen molar-refractivity contribution >= 4 is 23.4 Å². The Labute approximate surface area is 103 Å². The van der Waals surface area contributed by atoms with E-state index in [4.69, 9.17) is 5.73 Å². The van der Waals surface area contributed by atoms with Crippen LogP contribution in [0.15, 0.2) is 6.20 Å². The van der Waals surface area contributed by atoms with Crippen LogP contribution in [0, 0.1) is 10.1 Å². The molecule has 18 heavy (non-hydrogen) atoms. The zero-order valence-corrected chi connectivity index (χ0v) is 10.1. The van der Waals surface area contributed by atoms with E-state index in [1.165, 1.54) is 11.9 Å². The summed E-state index contributed by atoms with van der Waals surface area (Å²) in [5, 5.41) is 13.4. The fourth-order valence-corrected chi connectivity index (χ4v) is 1.33. The summed E-state index contributed by atoms with van der Waals surface area (Å²) in [6.45, 7) is 2.22. The number of nitrogens with zero attached hydrogens (tertiary/aromatic N) is 4. The quantitative estimate of drug-likeness (QED) is 0.537. The zero-order valence-electron chi connectivity index (χ0n) is 10.1. The fourth-order valence-electron chi connectivity index (χ4n) is 1.33. The van der Waals surface area contributed by atoms with Gasteiger partial charge in [0.25, 0.3) is 0 Å². The Balaban J connectivity index is 2.96. The number of anilines is 2. The van der Waals surface area contributed by atoms with Gasteiger partial charge in [0.15, 0.2) is 0 Å². The molecule has 0 radical (unpaired) electrons. The number of aromatic nitrogens is 2. The Morgan fingerprint density at radius 3 is 2.89 bits per heavy atom. The van der Waals surface area contributed by atoms with E-state index >= 15 is 0 Å². The average molecular weight is 254 g/mol. The first-order chi connectivity index (χ1) is 8.45. The van der Waals surface area contributed by atoms with Crippen LogP contribution in [-0.4, -0.2) is 40.9 Å². The van der Waals surface area contributed by atoms with E-state index in [0.717, 1.165) is 6.20 Å². The number of nitrogen functional groups attached to an aromatic ring is 1. The third-order valence-corrected chi connectivity index (χ3v) is 2.08. The first-order valence-corrected chi connectivity index (χ1v) is 5.20. The van der Waals surface area contributed by atoms with Crippen LogP contribution in [0.2, 0.25) is 0 Å². The minimum atomic E-state index is -0.622. The molecular formula is C9H14N6O3. The van der Waals surface area contributed by atoms with Gasteiger partial charge in [-0.2, -0.15) is 4.98 Å². The highest BCUT2D eigenvalue weighted by molar-refractivity contribution is 5.81. The standard InChI is InChI=1S/C9H14N6O3/c1-3-11-7(16)5-14(2)8-6(15(17)18)4-12-9(10)13-8/h4H,3,5H2,1-2H3,(H,11,16)(H2,10,12,13). The summed E-state index contributed by atoms with van der Waals surface area (Å²) < 4.78 is 0. The number of nitrogens with two attached hydrogens (primary N) is 1. The van der Waals surface area contributed by atoms with E-state index in [1.54, 1.807) is 6.92 Å². The molecular weight excluding hydrogens is 240 g/mol. The highest BCUT2D eigenvalue weighted by atomic mass is 16.6. The second-order valence-corrected chi connectivity index (χ2v) is 3.50. The van der Waals surface area contributed by atoms with E-state index in [2.05, 4.69) is 15.3 Å². The highest BCUT2D eigenvalue weighted by Gasteiger charge is 2.21. The summed E-state index contributed by atoms with van der Waals surface area (Å²) in [7, 11) is 1.52. The van der Waals surface area contributed by atoms with Gasteiger partial charge < -0.3 is 16.0 Å². The number of carbonyl (C=O) groups excluding carboxylic acids is 1. The lowest BCUT2D eigenvalue weighted by molar-refractivity contribution is -0.384. The Hall–Kier alpha value is -2.45. The molecule has 1 rings (SSSR count). The maximum absolute atomic E-state index is 11.4. The van der Waals surface area contributed by atoms with Gasteiger partial charge in [-0.1, -0.05) is 0 Å². The van der Waals surface area contributed by atoms with Crippen LogP contribution in [0.25, 0.3) is 0 Å². The molecule has 0 fully saturated rings. The Bertz CT molecular complexity index is 464. The lowest BCUT2D eigenvalue weighted by atomic mass is 10.4. The van der Waals surface area contributed by atoms with Gasteiger partial charge in [0.2, 0.25) is 17.7 Å². The maximum Gasteiger partial charge on any atom is 0.329 e. The molecule has 0 aliphatic carbocycles. The number of nitrogens with one attached hydrogen (secondary N) is 1. The van der Waals surface area contributed by atoms with Crippen LogP contribution >= 0.6 is 0 Å². The smallest absolute Gasteiger partial charge is 0.329 e. The minimum Gasteiger partial charge on any atom is -0.368 e. The Kier molecular flexibility index (Phi) is 4.35. The molecule has 3 N–H and O–H groups in total. The molecule has 0 saturated heterocycles. The second kappa shape index (κ2) is 5.75. The predicted molar refractivity (Wildman–Crippen MR) is 65.1 cm³/mol. The first kappa shape index (κ1) is 13.6. The predicted octanol–water partition coefficient (Wildman–Crippen LogP) is -0.461. The van der Waals surface area contributed by atoms with Gasteiger partial charge in [-0.15, -0.1) is 0 Å². The average Bonchev–Trinajstić information content (AvgIpc) is 2.28. The first-order valence-electron chi connectivity index (χ1n) is 5.20. The van der Waals surface area contributed by atoms with E-state index in [9.17, 15) is 14.9 Å². The summed E-state index contributed by atoms with van der Waals surface area (Å²) >= 11 is 0. The normalized spacial score (nSPS) is 9.89. The molecule has 1 aromatic rings. The van der Waals surface area contributed by atoms with Crippen LogP contribution in [-0.2, 0) is 4.79 Å². The van der Waals surface area contributed by atoms with Crippen molar-refractivity contribution in [1.82, 2.24) is 15.3 Å². The van der Waals surface area contributed by atoms with E-state index in [-0.39, 0.29) is 29.9 Å². The Morgan fingerprint density at radius 2 is 2.33 bits per heavy atom. The van der Waals surface area contributed by atoms with E-state index in [1.807, 2.05) is 0 Å². The molecule has 0 spiro atoms. The molecule has 0 aromatic carbocycles. The summed E-state index contributed by atoms with van der Waals surface area (Å²) in [6, 6.07) is 0. The maximum atomic E-state index is 11.4. The third kappa shape index (κ3) is 3.27. The summed E-state index contributed by atoms with van der Waals surface area (Å²) in [5.74, 6) is -0.330. The topological polar surface area (TPSA) is 127 Å². The molecule has 0 unspecified atom stereocenters. The molecule has 0 saturated carbocycles. The lowest BCUT2D eigenvalue weighted by Crippen LogP contribution is -2.35. The van der Waals surface area contributed by atoms with Gasteiger partial charge in [-0.25, -0.2) is 4.98 Å². The van der Waals surface area contributed by atoms with Crippen molar-refractivity contribution < 1.29 is 9.72 Å². The van der Waals surface area contributed by atoms with Crippen molar-refractivity contribution in [3.63, 3.8) is 0 Å². The molecule has 1 amide bonds. The fraction of sp³-hybridized carbons (Fsp3) is 0.444.